The van der Waals surface area contributed by atoms with Crippen LogP contribution in [0, 0.1) is 0 Å². The van der Waals surface area contributed by atoms with Gasteiger partial charge in [0.2, 0.25) is 0 Å². The minimum Gasteiger partial charge on any atom is -0.310 e. The summed E-state index contributed by atoms with van der Waals surface area (Å²) >= 11 is 0. The summed E-state index contributed by atoms with van der Waals surface area (Å²) in [6.07, 6.45) is 0. The Morgan fingerprint density at radius 1 is 0.250 bits per heavy atom. The lowest BCUT2D eigenvalue weighted by molar-refractivity contribution is 0.768. The van der Waals surface area contributed by atoms with Gasteiger partial charge in [0, 0.05) is 17.1 Å². The van der Waals surface area contributed by atoms with Gasteiger partial charge in [0.25, 0.3) is 0 Å². The standard InChI is InChI=1S/C67H45N/c1-5-20-48(21-6-1)65-61-31-16-15-29-57(61)58-41-39-55(44-62(58)66(65)49-22-7-2-8-23-49)68(54-37-35-47(36-38-54)51-34-33-46-19-13-14-24-50(46)43-51)56-40-42-60-59-30-17-18-32-63(59)67(64(60)45-56,52-25-9-3-10-26-52)53-27-11-4-12-28-53/h1-45H. The summed E-state index contributed by atoms with van der Waals surface area (Å²) in [6.45, 7) is 0. The van der Waals surface area contributed by atoms with Crippen molar-refractivity contribution in [3.8, 4) is 44.5 Å². The molecule has 0 saturated heterocycles. The predicted molar refractivity (Wildman–Crippen MR) is 287 cm³/mol. The summed E-state index contributed by atoms with van der Waals surface area (Å²) in [5, 5.41) is 7.41. The normalized spacial score (nSPS) is 12.5. The fraction of sp³-hybridized carbons (Fsp3) is 0.0149. The maximum absolute atomic E-state index is 2.48. The highest BCUT2D eigenvalue weighted by Gasteiger charge is 2.46. The van der Waals surface area contributed by atoms with E-state index in [0.717, 1.165) is 17.1 Å². The van der Waals surface area contributed by atoms with Gasteiger partial charge in [-0.15, -0.1) is 0 Å². The van der Waals surface area contributed by atoms with E-state index < -0.39 is 5.41 Å². The van der Waals surface area contributed by atoms with Gasteiger partial charge in [-0.25, -0.2) is 0 Å². The summed E-state index contributed by atoms with van der Waals surface area (Å²) in [4.78, 5) is 2.47. The zero-order valence-corrected chi connectivity index (χ0v) is 37.4. The van der Waals surface area contributed by atoms with Crippen LogP contribution in [0.3, 0.4) is 0 Å². The second-order valence-corrected chi connectivity index (χ2v) is 18.0. The maximum Gasteiger partial charge on any atom is 0.0714 e. The predicted octanol–water partition coefficient (Wildman–Crippen LogP) is 18.0. The van der Waals surface area contributed by atoms with Crippen LogP contribution in [0.2, 0.25) is 0 Å². The van der Waals surface area contributed by atoms with Crippen molar-refractivity contribution in [2.45, 2.75) is 5.41 Å². The van der Waals surface area contributed by atoms with Crippen LogP contribution in [0.25, 0.3) is 76.8 Å². The van der Waals surface area contributed by atoms with Crippen molar-refractivity contribution in [3.63, 3.8) is 0 Å². The molecule has 1 aliphatic rings. The van der Waals surface area contributed by atoms with Crippen molar-refractivity contribution in [1.29, 1.82) is 0 Å². The Hall–Kier alpha value is -8.78. The first-order valence-electron chi connectivity index (χ1n) is 23.6. The molecule has 0 aromatic heterocycles. The first kappa shape index (κ1) is 39.6. The number of nitrogens with zero attached hydrogens (tertiary/aromatic N) is 1. The van der Waals surface area contributed by atoms with E-state index in [2.05, 4.69) is 278 Å². The molecule has 0 saturated carbocycles. The number of benzene rings is 12. The molecule has 0 N–H and O–H groups in total. The molecule has 318 valence electrons. The fourth-order valence-electron chi connectivity index (χ4n) is 11.3. The molecule has 0 bridgehead atoms. The SMILES string of the molecule is c1ccc(-c2c(-c3ccccc3)c3cc(N(c4ccc(-c5ccc6ccccc6c5)cc4)c4ccc5c(c4)C(c4ccccc4)(c4ccccc4)c4ccccc4-5)ccc3c3ccccc23)cc1. The lowest BCUT2D eigenvalue weighted by Crippen LogP contribution is -2.28. The van der Waals surface area contributed by atoms with E-state index in [9.17, 15) is 0 Å². The smallest absolute Gasteiger partial charge is 0.0714 e. The number of hydrogen-bond acceptors (Lipinski definition) is 1. The Kier molecular flexibility index (Phi) is 9.47. The summed E-state index contributed by atoms with van der Waals surface area (Å²) in [5.74, 6) is 0. The van der Waals surface area contributed by atoms with Crippen molar-refractivity contribution in [3.05, 3.63) is 295 Å². The number of hydrogen-bond donors (Lipinski definition) is 0. The Labute approximate surface area is 397 Å². The van der Waals surface area contributed by atoms with Crippen molar-refractivity contribution in [1.82, 2.24) is 0 Å². The van der Waals surface area contributed by atoms with Crippen LogP contribution in [0.4, 0.5) is 17.1 Å². The highest BCUT2D eigenvalue weighted by atomic mass is 15.1. The second-order valence-electron chi connectivity index (χ2n) is 18.0. The molecule has 12 aromatic carbocycles. The molecule has 0 radical (unpaired) electrons. The monoisotopic (exact) mass is 863 g/mol. The fourth-order valence-corrected chi connectivity index (χ4v) is 11.3. The van der Waals surface area contributed by atoms with E-state index in [1.807, 2.05) is 0 Å². The van der Waals surface area contributed by atoms with Crippen LogP contribution in [-0.2, 0) is 5.41 Å². The van der Waals surface area contributed by atoms with Crippen LogP contribution in [0.15, 0.2) is 273 Å². The molecule has 0 atom stereocenters. The second kappa shape index (κ2) is 16.3. The van der Waals surface area contributed by atoms with Gasteiger partial charge in [-0.1, -0.05) is 231 Å². The molecule has 0 unspecified atom stereocenters. The van der Waals surface area contributed by atoms with Crippen molar-refractivity contribution in [2.75, 3.05) is 4.90 Å². The van der Waals surface area contributed by atoms with Gasteiger partial charge in [0.15, 0.2) is 0 Å². The molecule has 13 rings (SSSR count). The molecule has 0 amide bonds. The molecule has 1 heteroatoms. The van der Waals surface area contributed by atoms with E-state index >= 15 is 0 Å². The van der Waals surface area contributed by atoms with E-state index in [1.165, 1.54) is 99.1 Å². The van der Waals surface area contributed by atoms with E-state index in [1.54, 1.807) is 0 Å². The summed E-state index contributed by atoms with van der Waals surface area (Å²) in [6, 6.07) is 101. The van der Waals surface area contributed by atoms with Crippen LogP contribution >= 0.6 is 0 Å². The average Bonchev–Trinajstić information content (AvgIpc) is 3.72. The first-order chi connectivity index (χ1) is 33.7. The lowest BCUT2D eigenvalue weighted by Gasteiger charge is -2.35. The largest absolute Gasteiger partial charge is 0.310 e. The maximum atomic E-state index is 2.48. The van der Waals surface area contributed by atoms with E-state index in [-0.39, 0.29) is 0 Å². The minimum absolute atomic E-state index is 0.538. The van der Waals surface area contributed by atoms with Gasteiger partial charge in [-0.3, -0.25) is 0 Å². The Balaban J connectivity index is 1.08. The zero-order chi connectivity index (χ0) is 45.0. The Bertz CT molecular complexity index is 3780. The minimum atomic E-state index is -0.538. The molecule has 0 aliphatic heterocycles. The quantitative estimate of drug-likeness (QED) is 0.138. The first-order valence-corrected chi connectivity index (χ1v) is 23.6. The highest BCUT2D eigenvalue weighted by Crippen LogP contribution is 2.57. The topological polar surface area (TPSA) is 3.24 Å². The van der Waals surface area contributed by atoms with Crippen molar-refractivity contribution < 1.29 is 0 Å². The zero-order valence-electron chi connectivity index (χ0n) is 37.4. The van der Waals surface area contributed by atoms with Gasteiger partial charge in [0.1, 0.15) is 0 Å². The average molecular weight is 864 g/mol. The number of fused-ring (bicyclic) bond motifs is 7. The molecule has 1 aliphatic carbocycles. The van der Waals surface area contributed by atoms with Crippen LogP contribution in [-0.4, -0.2) is 0 Å². The molecule has 1 nitrogen and oxygen atoms in total. The van der Waals surface area contributed by atoms with Crippen LogP contribution in [0.5, 0.6) is 0 Å². The Morgan fingerprint density at radius 3 is 1.43 bits per heavy atom. The van der Waals surface area contributed by atoms with Crippen molar-refractivity contribution in [2.24, 2.45) is 0 Å². The summed E-state index contributed by atoms with van der Waals surface area (Å²) in [7, 11) is 0. The Morgan fingerprint density at radius 2 is 0.735 bits per heavy atom. The molecule has 0 fully saturated rings. The van der Waals surface area contributed by atoms with Gasteiger partial charge < -0.3 is 4.90 Å². The molecule has 68 heavy (non-hydrogen) atoms. The van der Waals surface area contributed by atoms with Crippen LogP contribution < -0.4 is 4.90 Å². The molecular formula is C67H45N. The number of anilines is 3. The van der Waals surface area contributed by atoms with Gasteiger partial charge >= 0.3 is 0 Å². The molecular weight excluding hydrogens is 819 g/mol. The third kappa shape index (κ3) is 6.32. The van der Waals surface area contributed by atoms with E-state index in [4.69, 9.17) is 0 Å². The summed E-state index contributed by atoms with van der Waals surface area (Å²) in [5.41, 5.74) is 17.6. The highest BCUT2D eigenvalue weighted by molar-refractivity contribution is 6.22. The van der Waals surface area contributed by atoms with Gasteiger partial charge in [-0.05, 0) is 142 Å². The third-order valence-electron chi connectivity index (χ3n) is 14.3. The van der Waals surface area contributed by atoms with Gasteiger partial charge in [0.05, 0.1) is 5.41 Å². The molecule has 0 heterocycles. The molecule has 0 spiro atoms. The summed E-state index contributed by atoms with van der Waals surface area (Å²) < 4.78 is 0. The van der Waals surface area contributed by atoms with Gasteiger partial charge in [-0.2, -0.15) is 0 Å². The van der Waals surface area contributed by atoms with Crippen molar-refractivity contribution >= 4 is 49.4 Å². The molecule has 12 aromatic rings. The van der Waals surface area contributed by atoms with E-state index in [0.29, 0.717) is 0 Å². The lowest BCUT2D eigenvalue weighted by atomic mass is 9.67. The van der Waals surface area contributed by atoms with Crippen LogP contribution in [0.1, 0.15) is 22.3 Å². The third-order valence-corrected chi connectivity index (χ3v) is 14.3. The number of rotatable bonds is 8.